The zero-order valence-corrected chi connectivity index (χ0v) is 12.7. The van der Waals surface area contributed by atoms with E-state index in [-0.39, 0.29) is 17.4 Å². The van der Waals surface area contributed by atoms with Crippen molar-refractivity contribution >= 4 is 17.4 Å². The first-order valence-corrected chi connectivity index (χ1v) is 8.02. The lowest BCUT2D eigenvalue weighted by molar-refractivity contribution is -0.385. The average molecular weight is 317 g/mol. The number of rotatable bonds is 5. The molecule has 0 aromatic heterocycles. The lowest BCUT2D eigenvalue weighted by atomic mass is 10.1. The maximum atomic E-state index is 11.1. The van der Waals surface area contributed by atoms with E-state index in [1.54, 1.807) is 17.8 Å². The van der Waals surface area contributed by atoms with Gasteiger partial charge < -0.3 is 9.47 Å². The van der Waals surface area contributed by atoms with E-state index in [2.05, 4.69) is 12.1 Å². The van der Waals surface area contributed by atoms with Crippen LogP contribution in [0.15, 0.2) is 42.5 Å². The Bertz CT molecular complexity index is 675. The van der Waals surface area contributed by atoms with Gasteiger partial charge in [-0.2, -0.15) is 11.8 Å². The fraction of sp³-hybridized carbons (Fsp3) is 0.250. The van der Waals surface area contributed by atoms with E-state index in [0.717, 1.165) is 22.6 Å². The largest absolute Gasteiger partial charge is 0.467 e. The number of nitro groups is 1. The molecule has 0 radical (unpaired) electrons. The van der Waals surface area contributed by atoms with Crippen molar-refractivity contribution in [3.05, 3.63) is 69.3 Å². The van der Waals surface area contributed by atoms with E-state index in [9.17, 15) is 10.1 Å². The number of thioether (sulfide) groups is 1. The minimum absolute atomic E-state index is 0.0863. The van der Waals surface area contributed by atoms with Crippen LogP contribution in [-0.4, -0.2) is 11.7 Å². The first-order chi connectivity index (χ1) is 10.7. The van der Waals surface area contributed by atoms with Gasteiger partial charge in [-0.3, -0.25) is 10.1 Å². The molecule has 114 valence electrons. The van der Waals surface area contributed by atoms with E-state index in [0.29, 0.717) is 12.4 Å². The Balaban J connectivity index is 1.77. The molecule has 0 bridgehead atoms. The van der Waals surface area contributed by atoms with Crippen LogP contribution in [0.1, 0.15) is 16.7 Å². The molecule has 0 atom stereocenters. The van der Waals surface area contributed by atoms with Crippen LogP contribution in [0.4, 0.5) is 5.69 Å². The van der Waals surface area contributed by atoms with Crippen LogP contribution in [0.3, 0.4) is 0 Å². The number of benzene rings is 2. The summed E-state index contributed by atoms with van der Waals surface area (Å²) in [6.45, 7) is 0.550. The van der Waals surface area contributed by atoms with Crippen LogP contribution < -0.4 is 4.74 Å². The van der Waals surface area contributed by atoms with Gasteiger partial charge in [-0.05, 0) is 5.56 Å². The highest BCUT2D eigenvalue weighted by Gasteiger charge is 2.20. The van der Waals surface area contributed by atoms with Crippen LogP contribution in [0.25, 0.3) is 0 Å². The Morgan fingerprint density at radius 1 is 1.18 bits per heavy atom. The number of nitro benzene ring substituents is 1. The summed E-state index contributed by atoms with van der Waals surface area (Å²) < 4.78 is 10.7. The number of hydrogen-bond donors (Lipinski definition) is 0. The van der Waals surface area contributed by atoms with E-state index >= 15 is 0 Å². The molecule has 2 aromatic carbocycles. The summed E-state index contributed by atoms with van der Waals surface area (Å²) in [5.41, 5.74) is 2.92. The third-order valence-corrected chi connectivity index (χ3v) is 4.40. The van der Waals surface area contributed by atoms with Crippen molar-refractivity contribution in [3.8, 4) is 5.75 Å². The summed E-state index contributed by atoms with van der Waals surface area (Å²) in [5.74, 6) is 2.26. The normalized spacial score (nSPS) is 13.3. The average Bonchev–Trinajstić information content (AvgIpc) is 2.55. The van der Waals surface area contributed by atoms with Gasteiger partial charge in [0, 0.05) is 34.8 Å². The number of ether oxygens (including phenoxy) is 2. The van der Waals surface area contributed by atoms with Crippen molar-refractivity contribution in [2.45, 2.75) is 18.1 Å². The predicted molar refractivity (Wildman–Crippen MR) is 84.8 cm³/mol. The molecular formula is C16H15NO4S. The number of fused-ring (bicyclic) bond motifs is 1. The Morgan fingerprint density at radius 3 is 2.77 bits per heavy atom. The van der Waals surface area contributed by atoms with Crippen molar-refractivity contribution in [2.24, 2.45) is 0 Å². The van der Waals surface area contributed by atoms with Crippen LogP contribution in [-0.2, 0) is 22.8 Å². The fourth-order valence-corrected chi connectivity index (χ4v) is 3.31. The summed E-state index contributed by atoms with van der Waals surface area (Å²) in [6.07, 6.45) is 0. The maximum Gasteiger partial charge on any atom is 0.270 e. The molecule has 22 heavy (non-hydrogen) atoms. The number of nitrogens with zero attached hydrogens (tertiary/aromatic N) is 1. The molecule has 1 aliphatic rings. The zero-order valence-electron chi connectivity index (χ0n) is 11.9. The van der Waals surface area contributed by atoms with Crippen molar-refractivity contribution in [1.82, 2.24) is 0 Å². The zero-order chi connectivity index (χ0) is 15.4. The van der Waals surface area contributed by atoms with Crippen molar-refractivity contribution in [3.63, 3.8) is 0 Å². The lowest BCUT2D eigenvalue weighted by Gasteiger charge is -2.20. The Labute approximate surface area is 132 Å². The standard InChI is InChI=1S/C16H15NO4S/c18-17(19)15-6-13-8-20-11-21-16(13)14(7-15)10-22-9-12-4-2-1-3-5-12/h1-7H,8-11H2. The highest BCUT2D eigenvalue weighted by Crippen LogP contribution is 2.35. The third kappa shape index (κ3) is 3.40. The first-order valence-electron chi connectivity index (χ1n) is 6.86. The molecule has 6 heteroatoms. The van der Waals surface area contributed by atoms with Gasteiger partial charge in [0.05, 0.1) is 11.5 Å². The van der Waals surface area contributed by atoms with E-state index < -0.39 is 0 Å². The first kappa shape index (κ1) is 14.9. The molecule has 0 amide bonds. The lowest BCUT2D eigenvalue weighted by Crippen LogP contribution is -2.13. The number of non-ortho nitro benzene ring substituents is 1. The van der Waals surface area contributed by atoms with Crippen LogP contribution >= 0.6 is 11.8 Å². The van der Waals surface area contributed by atoms with E-state index in [4.69, 9.17) is 9.47 Å². The van der Waals surface area contributed by atoms with Crippen LogP contribution in [0.5, 0.6) is 5.75 Å². The predicted octanol–water partition coefficient (Wildman–Crippen LogP) is 3.89. The molecular weight excluding hydrogens is 302 g/mol. The summed E-state index contributed by atoms with van der Waals surface area (Å²) in [6, 6.07) is 13.3. The topological polar surface area (TPSA) is 61.6 Å². The van der Waals surface area contributed by atoms with Gasteiger partial charge in [0.25, 0.3) is 5.69 Å². The minimum Gasteiger partial charge on any atom is -0.467 e. The molecule has 0 saturated carbocycles. The SMILES string of the molecule is O=[N+]([O-])c1cc2c(c(CSCc3ccccc3)c1)OCOC2. The van der Waals surface area contributed by atoms with Gasteiger partial charge in [-0.25, -0.2) is 0 Å². The van der Waals surface area contributed by atoms with Gasteiger partial charge >= 0.3 is 0 Å². The highest BCUT2D eigenvalue weighted by atomic mass is 32.2. The molecule has 1 heterocycles. The van der Waals surface area contributed by atoms with E-state index in [1.165, 1.54) is 11.6 Å². The second-order valence-corrected chi connectivity index (χ2v) is 5.92. The molecule has 0 spiro atoms. The summed E-state index contributed by atoms with van der Waals surface area (Å²) >= 11 is 1.71. The van der Waals surface area contributed by atoms with Crippen molar-refractivity contribution < 1.29 is 14.4 Å². The second-order valence-electron chi connectivity index (χ2n) is 4.94. The Hall–Kier alpha value is -2.05. The van der Waals surface area contributed by atoms with Gasteiger partial charge in [0.1, 0.15) is 5.75 Å². The van der Waals surface area contributed by atoms with Gasteiger partial charge in [0.2, 0.25) is 0 Å². The Kier molecular flexibility index (Phi) is 4.60. The van der Waals surface area contributed by atoms with Crippen molar-refractivity contribution in [2.75, 3.05) is 6.79 Å². The third-order valence-electron chi connectivity index (χ3n) is 3.35. The number of hydrogen-bond acceptors (Lipinski definition) is 5. The quantitative estimate of drug-likeness (QED) is 0.618. The molecule has 0 N–H and O–H groups in total. The fourth-order valence-electron chi connectivity index (χ4n) is 2.35. The van der Waals surface area contributed by atoms with Gasteiger partial charge in [-0.15, -0.1) is 0 Å². The second kappa shape index (κ2) is 6.81. The summed E-state index contributed by atoms with van der Waals surface area (Å²) in [4.78, 5) is 10.7. The molecule has 5 nitrogen and oxygen atoms in total. The minimum atomic E-state index is -0.375. The molecule has 1 aliphatic heterocycles. The van der Waals surface area contributed by atoms with E-state index in [1.807, 2.05) is 18.2 Å². The molecule has 3 rings (SSSR count). The molecule has 0 saturated heterocycles. The highest BCUT2D eigenvalue weighted by molar-refractivity contribution is 7.97. The van der Waals surface area contributed by atoms with Gasteiger partial charge in [-0.1, -0.05) is 30.3 Å². The van der Waals surface area contributed by atoms with Crippen LogP contribution in [0.2, 0.25) is 0 Å². The molecule has 0 aliphatic carbocycles. The summed E-state index contributed by atoms with van der Waals surface area (Å²) in [7, 11) is 0. The molecule has 2 aromatic rings. The monoisotopic (exact) mass is 317 g/mol. The Morgan fingerprint density at radius 2 is 2.00 bits per heavy atom. The maximum absolute atomic E-state index is 11.1. The van der Waals surface area contributed by atoms with Crippen molar-refractivity contribution in [1.29, 1.82) is 0 Å². The molecule has 0 fully saturated rings. The smallest absolute Gasteiger partial charge is 0.270 e. The molecule has 0 unspecified atom stereocenters. The summed E-state index contributed by atoms with van der Waals surface area (Å²) in [5, 5.41) is 11.1. The van der Waals surface area contributed by atoms with Crippen LogP contribution in [0, 0.1) is 10.1 Å². The van der Waals surface area contributed by atoms with Gasteiger partial charge in [0.15, 0.2) is 6.79 Å².